The van der Waals surface area contributed by atoms with Crippen LogP contribution in [0.25, 0.3) is 0 Å². The van der Waals surface area contributed by atoms with Crippen molar-refractivity contribution in [1.29, 1.82) is 5.41 Å². The van der Waals surface area contributed by atoms with E-state index >= 15 is 0 Å². The number of hydrogen-bond acceptors (Lipinski definition) is 3. The van der Waals surface area contributed by atoms with Gasteiger partial charge in [-0.05, 0) is 31.2 Å². The Hall–Kier alpha value is -1.58. The predicted molar refractivity (Wildman–Crippen MR) is 71.9 cm³/mol. The first-order chi connectivity index (χ1) is 8.69. The van der Waals surface area contributed by atoms with Crippen molar-refractivity contribution in [3.05, 3.63) is 24.0 Å². The van der Waals surface area contributed by atoms with Crippen LogP contribution in [-0.4, -0.2) is 16.9 Å². The molecule has 1 aromatic rings. The average molecular weight is 247 g/mol. The standard InChI is InChI=1S/C14H21N3O/c1-2-10-4-3-5-11(8-10)18-12-6-7-17-13(9-12)14(15)16/h6-7,9-11H,2-5,8H2,1H3,(H3,15,16). The number of rotatable bonds is 4. The topological polar surface area (TPSA) is 72.0 Å². The van der Waals surface area contributed by atoms with E-state index < -0.39 is 0 Å². The zero-order valence-electron chi connectivity index (χ0n) is 10.9. The number of pyridine rings is 1. The summed E-state index contributed by atoms with van der Waals surface area (Å²) < 4.78 is 5.99. The fraction of sp³-hybridized carbons (Fsp3) is 0.571. The third kappa shape index (κ3) is 3.22. The smallest absolute Gasteiger partial charge is 0.141 e. The van der Waals surface area contributed by atoms with Gasteiger partial charge in [-0.25, -0.2) is 0 Å². The molecule has 1 fully saturated rings. The van der Waals surface area contributed by atoms with Gasteiger partial charge >= 0.3 is 0 Å². The van der Waals surface area contributed by atoms with Crippen LogP contribution in [0.2, 0.25) is 0 Å². The lowest BCUT2D eigenvalue weighted by atomic mass is 9.85. The maximum atomic E-state index is 7.37. The number of amidine groups is 1. The molecule has 1 heterocycles. The lowest BCUT2D eigenvalue weighted by Gasteiger charge is -2.29. The number of nitrogens with two attached hydrogens (primary N) is 1. The number of aromatic nitrogens is 1. The second-order valence-corrected chi connectivity index (χ2v) is 4.97. The molecule has 2 rings (SSSR count). The Bertz CT molecular complexity index is 419. The highest BCUT2D eigenvalue weighted by Gasteiger charge is 2.22. The van der Waals surface area contributed by atoms with Crippen LogP contribution in [0.15, 0.2) is 18.3 Å². The Labute approximate surface area is 108 Å². The number of hydrogen-bond donors (Lipinski definition) is 2. The van der Waals surface area contributed by atoms with Gasteiger partial charge in [0, 0.05) is 12.3 Å². The van der Waals surface area contributed by atoms with Gasteiger partial charge in [0.1, 0.15) is 17.3 Å². The molecule has 98 valence electrons. The molecule has 18 heavy (non-hydrogen) atoms. The van der Waals surface area contributed by atoms with E-state index in [1.807, 2.05) is 6.07 Å². The first-order valence-corrected chi connectivity index (χ1v) is 6.66. The monoisotopic (exact) mass is 247 g/mol. The first-order valence-electron chi connectivity index (χ1n) is 6.66. The molecule has 0 bridgehead atoms. The van der Waals surface area contributed by atoms with Gasteiger partial charge in [-0.2, -0.15) is 0 Å². The molecule has 3 N–H and O–H groups in total. The Kier molecular flexibility index (Phi) is 4.18. The summed E-state index contributed by atoms with van der Waals surface area (Å²) in [5.41, 5.74) is 5.91. The second-order valence-electron chi connectivity index (χ2n) is 4.97. The minimum Gasteiger partial charge on any atom is -0.490 e. The van der Waals surface area contributed by atoms with Crippen molar-refractivity contribution < 1.29 is 4.74 Å². The minimum absolute atomic E-state index is 0.0180. The zero-order valence-corrected chi connectivity index (χ0v) is 10.9. The van der Waals surface area contributed by atoms with E-state index in [2.05, 4.69) is 11.9 Å². The fourth-order valence-corrected chi connectivity index (χ4v) is 2.54. The summed E-state index contributed by atoms with van der Waals surface area (Å²) in [6.45, 7) is 2.24. The summed E-state index contributed by atoms with van der Waals surface area (Å²) in [5, 5.41) is 7.37. The quantitative estimate of drug-likeness (QED) is 0.634. The molecule has 4 nitrogen and oxygen atoms in total. The largest absolute Gasteiger partial charge is 0.490 e. The van der Waals surface area contributed by atoms with Gasteiger partial charge in [-0.15, -0.1) is 0 Å². The summed E-state index contributed by atoms with van der Waals surface area (Å²) in [4.78, 5) is 4.03. The number of nitrogens with one attached hydrogen (secondary N) is 1. The van der Waals surface area contributed by atoms with Crippen molar-refractivity contribution in [3.63, 3.8) is 0 Å². The average Bonchev–Trinajstić information content (AvgIpc) is 2.39. The number of nitrogens with zero attached hydrogens (tertiary/aromatic N) is 1. The summed E-state index contributed by atoms with van der Waals surface area (Å²) in [7, 11) is 0. The van der Waals surface area contributed by atoms with Crippen molar-refractivity contribution in [2.45, 2.75) is 45.1 Å². The molecule has 0 aromatic carbocycles. The van der Waals surface area contributed by atoms with Gasteiger partial charge in [0.25, 0.3) is 0 Å². The van der Waals surface area contributed by atoms with E-state index in [9.17, 15) is 0 Å². The summed E-state index contributed by atoms with van der Waals surface area (Å²) in [6, 6.07) is 3.58. The van der Waals surface area contributed by atoms with E-state index in [0.29, 0.717) is 11.8 Å². The molecule has 0 radical (unpaired) electrons. The third-order valence-electron chi connectivity index (χ3n) is 3.62. The van der Waals surface area contributed by atoms with Crippen molar-refractivity contribution >= 4 is 5.84 Å². The molecule has 1 saturated carbocycles. The van der Waals surface area contributed by atoms with Gasteiger partial charge < -0.3 is 10.5 Å². The summed E-state index contributed by atoms with van der Waals surface area (Å²) in [6.07, 6.45) is 7.99. The maximum Gasteiger partial charge on any atom is 0.141 e. The lowest BCUT2D eigenvalue weighted by molar-refractivity contribution is 0.122. The highest BCUT2D eigenvalue weighted by atomic mass is 16.5. The Morgan fingerprint density at radius 2 is 2.39 bits per heavy atom. The first kappa shape index (κ1) is 12.9. The second kappa shape index (κ2) is 5.85. The molecule has 0 saturated heterocycles. The molecule has 2 unspecified atom stereocenters. The highest BCUT2D eigenvalue weighted by Crippen LogP contribution is 2.29. The van der Waals surface area contributed by atoms with Crippen LogP contribution in [0.3, 0.4) is 0 Å². The van der Waals surface area contributed by atoms with Gasteiger partial charge in [-0.1, -0.05) is 19.8 Å². The molecule has 0 aliphatic heterocycles. The van der Waals surface area contributed by atoms with E-state index in [4.69, 9.17) is 15.9 Å². The van der Waals surface area contributed by atoms with E-state index in [0.717, 1.165) is 24.5 Å². The van der Waals surface area contributed by atoms with Crippen LogP contribution in [0.5, 0.6) is 5.75 Å². The molecule has 1 aliphatic carbocycles. The van der Waals surface area contributed by atoms with Crippen LogP contribution < -0.4 is 10.5 Å². The van der Waals surface area contributed by atoms with Gasteiger partial charge in [0.2, 0.25) is 0 Å². The SMILES string of the molecule is CCC1CCCC(Oc2ccnc(C(=N)N)c2)C1. The molecular formula is C14H21N3O. The Balaban J connectivity index is 2.00. The van der Waals surface area contributed by atoms with E-state index in [-0.39, 0.29) is 5.84 Å². The van der Waals surface area contributed by atoms with Crippen LogP contribution in [0.1, 0.15) is 44.7 Å². The highest BCUT2D eigenvalue weighted by molar-refractivity contribution is 5.93. The molecule has 4 heteroatoms. The van der Waals surface area contributed by atoms with E-state index in [1.54, 1.807) is 12.3 Å². The van der Waals surface area contributed by atoms with Crippen molar-refractivity contribution in [1.82, 2.24) is 4.98 Å². The van der Waals surface area contributed by atoms with Crippen LogP contribution in [0, 0.1) is 11.3 Å². The maximum absolute atomic E-state index is 7.37. The van der Waals surface area contributed by atoms with Crippen LogP contribution >= 0.6 is 0 Å². The van der Waals surface area contributed by atoms with Crippen LogP contribution in [-0.2, 0) is 0 Å². The van der Waals surface area contributed by atoms with Crippen LogP contribution in [0.4, 0.5) is 0 Å². The van der Waals surface area contributed by atoms with Gasteiger partial charge in [0.15, 0.2) is 0 Å². The van der Waals surface area contributed by atoms with Crippen molar-refractivity contribution in [2.24, 2.45) is 11.7 Å². The molecule has 0 amide bonds. The third-order valence-corrected chi connectivity index (χ3v) is 3.62. The van der Waals surface area contributed by atoms with Crippen molar-refractivity contribution in [3.8, 4) is 5.75 Å². The summed E-state index contributed by atoms with van der Waals surface area (Å²) >= 11 is 0. The Morgan fingerprint density at radius 1 is 1.56 bits per heavy atom. The molecule has 0 spiro atoms. The van der Waals surface area contributed by atoms with E-state index in [1.165, 1.54) is 19.3 Å². The normalized spacial score (nSPS) is 23.6. The number of ether oxygens (including phenoxy) is 1. The molecule has 1 aromatic heterocycles. The predicted octanol–water partition coefficient (Wildman–Crippen LogP) is 2.71. The van der Waals surface area contributed by atoms with Gasteiger partial charge in [-0.3, -0.25) is 10.4 Å². The zero-order chi connectivity index (χ0) is 13.0. The fourth-order valence-electron chi connectivity index (χ4n) is 2.54. The van der Waals surface area contributed by atoms with Crippen molar-refractivity contribution in [2.75, 3.05) is 0 Å². The van der Waals surface area contributed by atoms with Gasteiger partial charge in [0.05, 0.1) is 6.10 Å². The lowest BCUT2D eigenvalue weighted by Crippen LogP contribution is -2.25. The number of nitrogen functional groups attached to an aromatic ring is 1. The molecule has 2 atom stereocenters. The molecule has 1 aliphatic rings. The minimum atomic E-state index is -0.0180. The Morgan fingerprint density at radius 3 is 3.11 bits per heavy atom. The molecular weight excluding hydrogens is 226 g/mol. The summed E-state index contributed by atoms with van der Waals surface area (Å²) in [5.74, 6) is 1.55.